The van der Waals surface area contributed by atoms with Gasteiger partial charge in [0.25, 0.3) is 0 Å². The number of para-hydroxylation sites is 1. The van der Waals surface area contributed by atoms with Crippen molar-refractivity contribution in [1.82, 2.24) is 0 Å². The minimum absolute atomic E-state index is 0.0741. The molecular formula is C16H15ClN2O5S. The first-order chi connectivity index (χ1) is 11.8. The monoisotopic (exact) mass is 382 g/mol. The van der Waals surface area contributed by atoms with Crippen molar-refractivity contribution < 1.29 is 22.7 Å². The molecule has 1 heterocycles. The molecule has 3 rings (SSSR count). The molecule has 0 spiro atoms. The Kier molecular flexibility index (Phi) is 4.73. The van der Waals surface area contributed by atoms with Gasteiger partial charge in [0, 0.05) is 6.07 Å². The van der Waals surface area contributed by atoms with Crippen molar-refractivity contribution in [3.05, 3.63) is 47.5 Å². The molecule has 0 unspecified atom stereocenters. The Morgan fingerprint density at radius 2 is 1.92 bits per heavy atom. The number of anilines is 2. The number of nitrogens with zero attached hydrogens (tertiary/aromatic N) is 1. The number of hydrogen-bond acceptors (Lipinski definition) is 5. The lowest BCUT2D eigenvalue weighted by atomic mass is 10.2. The van der Waals surface area contributed by atoms with E-state index in [0.29, 0.717) is 27.9 Å². The molecule has 0 bridgehead atoms. The number of carbonyl (C=O) groups excluding carboxylic acids is 1. The van der Waals surface area contributed by atoms with Crippen molar-refractivity contribution in [1.29, 1.82) is 0 Å². The summed E-state index contributed by atoms with van der Waals surface area (Å²) in [7, 11) is -3.69. The van der Waals surface area contributed by atoms with Crippen LogP contribution in [0.1, 0.15) is 0 Å². The number of ether oxygens (including phenoxy) is 2. The van der Waals surface area contributed by atoms with Crippen molar-refractivity contribution in [3.8, 4) is 11.5 Å². The Balaban J connectivity index is 1.82. The smallest absolute Gasteiger partial charge is 0.245 e. The second-order valence-corrected chi connectivity index (χ2v) is 7.65. The number of halogens is 1. The molecular weight excluding hydrogens is 368 g/mol. The number of amides is 1. The Labute approximate surface area is 150 Å². The number of sulfonamides is 1. The fourth-order valence-corrected chi connectivity index (χ4v) is 3.35. The third-order valence-electron chi connectivity index (χ3n) is 3.48. The molecule has 1 aliphatic rings. The quantitative estimate of drug-likeness (QED) is 0.858. The molecule has 2 aromatic rings. The molecule has 0 saturated heterocycles. The number of benzene rings is 2. The Morgan fingerprint density at radius 3 is 2.64 bits per heavy atom. The molecule has 1 N–H and O–H groups in total. The molecule has 0 radical (unpaired) electrons. The van der Waals surface area contributed by atoms with E-state index < -0.39 is 22.5 Å². The van der Waals surface area contributed by atoms with Gasteiger partial charge in [-0.3, -0.25) is 9.10 Å². The van der Waals surface area contributed by atoms with Crippen molar-refractivity contribution in [3.63, 3.8) is 0 Å². The average Bonchev–Trinajstić information content (AvgIpc) is 3.01. The standard InChI is InChI=1S/C16H15ClN2O5S/c1-25(21,22)19(11-6-7-14-15(8-11)24-10-23-14)9-16(20)18-13-5-3-2-4-12(13)17/h2-8H,9-10H2,1H3,(H,18,20). The zero-order valence-electron chi connectivity index (χ0n) is 13.2. The largest absolute Gasteiger partial charge is 0.454 e. The fourth-order valence-electron chi connectivity index (χ4n) is 2.32. The molecule has 0 aromatic heterocycles. The zero-order valence-corrected chi connectivity index (χ0v) is 14.8. The Bertz CT molecular complexity index is 916. The van der Waals surface area contributed by atoms with Gasteiger partial charge < -0.3 is 14.8 Å². The van der Waals surface area contributed by atoms with E-state index in [-0.39, 0.29) is 6.79 Å². The van der Waals surface area contributed by atoms with E-state index in [9.17, 15) is 13.2 Å². The van der Waals surface area contributed by atoms with Gasteiger partial charge >= 0.3 is 0 Å². The number of nitrogens with one attached hydrogen (secondary N) is 1. The normalized spacial score (nSPS) is 12.7. The van der Waals surface area contributed by atoms with Crippen LogP contribution in [0.4, 0.5) is 11.4 Å². The predicted octanol–water partition coefficient (Wildman–Crippen LogP) is 2.47. The van der Waals surface area contributed by atoms with Crippen LogP contribution < -0.4 is 19.1 Å². The molecule has 1 aliphatic heterocycles. The van der Waals surface area contributed by atoms with Crippen LogP contribution >= 0.6 is 11.6 Å². The van der Waals surface area contributed by atoms with Gasteiger partial charge in [-0.1, -0.05) is 23.7 Å². The van der Waals surface area contributed by atoms with E-state index in [1.807, 2.05) is 0 Å². The summed E-state index contributed by atoms with van der Waals surface area (Å²) in [5.41, 5.74) is 0.717. The van der Waals surface area contributed by atoms with Crippen LogP contribution in [0.5, 0.6) is 11.5 Å². The van der Waals surface area contributed by atoms with Gasteiger partial charge in [0.05, 0.1) is 22.7 Å². The zero-order chi connectivity index (χ0) is 18.0. The van der Waals surface area contributed by atoms with Gasteiger partial charge in [-0.15, -0.1) is 0 Å². The lowest BCUT2D eigenvalue weighted by Gasteiger charge is -2.22. The second-order valence-electron chi connectivity index (χ2n) is 5.34. The topological polar surface area (TPSA) is 84.9 Å². The van der Waals surface area contributed by atoms with Crippen LogP contribution in [0.25, 0.3) is 0 Å². The van der Waals surface area contributed by atoms with Gasteiger partial charge in [-0.2, -0.15) is 0 Å². The van der Waals surface area contributed by atoms with Crippen LogP contribution in [-0.4, -0.2) is 33.9 Å². The van der Waals surface area contributed by atoms with Crippen molar-refractivity contribution in [2.24, 2.45) is 0 Å². The van der Waals surface area contributed by atoms with Crippen LogP contribution in [0.3, 0.4) is 0 Å². The molecule has 0 atom stereocenters. The fraction of sp³-hybridized carbons (Fsp3) is 0.188. The first-order valence-corrected chi connectivity index (χ1v) is 9.49. The van der Waals surface area contributed by atoms with Gasteiger partial charge in [0.15, 0.2) is 11.5 Å². The van der Waals surface area contributed by atoms with Gasteiger partial charge in [0.1, 0.15) is 6.54 Å². The second kappa shape index (κ2) is 6.81. The number of hydrogen-bond donors (Lipinski definition) is 1. The van der Waals surface area contributed by atoms with Crippen LogP contribution in [0, 0.1) is 0 Å². The summed E-state index contributed by atoms with van der Waals surface area (Å²) in [6.07, 6.45) is 1.03. The van der Waals surface area contributed by atoms with Crippen LogP contribution in [-0.2, 0) is 14.8 Å². The molecule has 0 fully saturated rings. The minimum Gasteiger partial charge on any atom is -0.454 e. The highest BCUT2D eigenvalue weighted by atomic mass is 35.5. The molecule has 0 saturated carbocycles. The molecule has 25 heavy (non-hydrogen) atoms. The first kappa shape index (κ1) is 17.4. The van der Waals surface area contributed by atoms with Crippen LogP contribution in [0.2, 0.25) is 5.02 Å². The summed E-state index contributed by atoms with van der Waals surface area (Å²) >= 11 is 6.00. The average molecular weight is 383 g/mol. The minimum atomic E-state index is -3.69. The predicted molar refractivity (Wildman–Crippen MR) is 94.8 cm³/mol. The highest BCUT2D eigenvalue weighted by Crippen LogP contribution is 2.36. The number of rotatable bonds is 5. The number of fused-ring (bicyclic) bond motifs is 1. The molecule has 2 aromatic carbocycles. The lowest BCUT2D eigenvalue weighted by molar-refractivity contribution is -0.114. The summed E-state index contributed by atoms with van der Waals surface area (Å²) < 4.78 is 35.7. The summed E-state index contributed by atoms with van der Waals surface area (Å²) in [6, 6.07) is 11.4. The van der Waals surface area contributed by atoms with Crippen molar-refractivity contribution in [2.75, 3.05) is 29.2 Å². The molecule has 7 nitrogen and oxygen atoms in total. The maximum atomic E-state index is 12.3. The van der Waals surface area contributed by atoms with Crippen molar-refractivity contribution >= 4 is 38.9 Å². The molecule has 132 valence electrons. The first-order valence-electron chi connectivity index (χ1n) is 7.26. The van der Waals surface area contributed by atoms with E-state index in [1.165, 1.54) is 6.07 Å². The highest BCUT2D eigenvalue weighted by molar-refractivity contribution is 7.92. The third kappa shape index (κ3) is 3.97. The summed E-state index contributed by atoms with van der Waals surface area (Å²) in [5.74, 6) is 0.437. The summed E-state index contributed by atoms with van der Waals surface area (Å²) in [6.45, 7) is -0.325. The van der Waals surface area contributed by atoms with Crippen LogP contribution in [0.15, 0.2) is 42.5 Å². The van der Waals surface area contributed by atoms with E-state index in [0.717, 1.165) is 10.6 Å². The molecule has 9 heteroatoms. The van der Waals surface area contributed by atoms with Gasteiger partial charge in [-0.05, 0) is 24.3 Å². The Morgan fingerprint density at radius 1 is 1.20 bits per heavy atom. The molecule has 1 amide bonds. The highest BCUT2D eigenvalue weighted by Gasteiger charge is 2.24. The summed E-state index contributed by atoms with van der Waals surface area (Å²) in [4.78, 5) is 12.3. The SMILES string of the molecule is CS(=O)(=O)N(CC(=O)Nc1ccccc1Cl)c1ccc2c(c1)OCO2. The molecule has 0 aliphatic carbocycles. The third-order valence-corrected chi connectivity index (χ3v) is 4.95. The lowest BCUT2D eigenvalue weighted by Crippen LogP contribution is -2.37. The maximum Gasteiger partial charge on any atom is 0.245 e. The van der Waals surface area contributed by atoms with E-state index >= 15 is 0 Å². The van der Waals surface area contributed by atoms with E-state index in [1.54, 1.807) is 36.4 Å². The summed E-state index contributed by atoms with van der Waals surface area (Å²) in [5, 5.41) is 2.97. The van der Waals surface area contributed by atoms with E-state index in [2.05, 4.69) is 5.32 Å². The van der Waals surface area contributed by atoms with Crippen molar-refractivity contribution in [2.45, 2.75) is 0 Å². The number of carbonyl (C=O) groups is 1. The van der Waals surface area contributed by atoms with Gasteiger partial charge in [0.2, 0.25) is 22.7 Å². The maximum absolute atomic E-state index is 12.3. The van der Waals surface area contributed by atoms with E-state index in [4.69, 9.17) is 21.1 Å². The van der Waals surface area contributed by atoms with Gasteiger partial charge in [-0.25, -0.2) is 8.42 Å². The Hall–Kier alpha value is -2.45.